The van der Waals surface area contributed by atoms with E-state index in [0.29, 0.717) is 24.2 Å². The van der Waals surface area contributed by atoms with Crippen LogP contribution >= 0.6 is 0 Å². The lowest BCUT2D eigenvalue weighted by molar-refractivity contribution is -0.126. The van der Waals surface area contributed by atoms with E-state index in [1.807, 2.05) is 18.2 Å². The van der Waals surface area contributed by atoms with Gasteiger partial charge in [0.2, 0.25) is 15.9 Å². The first-order valence-corrected chi connectivity index (χ1v) is 11.3. The summed E-state index contributed by atoms with van der Waals surface area (Å²) in [7, 11) is -3.65. The third-order valence-electron chi connectivity index (χ3n) is 5.51. The van der Waals surface area contributed by atoms with Crippen LogP contribution in [0.4, 0.5) is 4.39 Å². The number of carbonyl (C=O) groups excluding carboxylic acids is 1. The highest BCUT2D eigenvalue weighted by molar-refractivity contribution is 7.93. The van der Waals surface area contributed by atoms with E-state index < -0.39 is 10.0 Å². The second-order valence-corrected chi connectivity index (χ2v) is 9.42. The molecule has 0 aromatic heterocycles. The smallest absolute Gasteiger partial charge is 0.242 e. The van der Waals surface area contributed by atoms with Crippen molar-refractivity contribution in [3.8, 4) is 5.75 Å². The van der Waals surface area contributed by atoms with Gasteiger partial charge in [-0.25, -0.2) is 12.8 Å². The van der Waals surface area contributed by atoms with Crippen molar-refractivity contribution in [1.82, 2.24) is 9.62 Å². The van der Waals surface area contributed by atoms with Crippen LogP contribution in [0.5, 0.6) is 5.75 Å². The van der Waals surface area contributed by atoms with Crippen molar-refractivity contribution < 1.29 is 22.3 Å². The summed E-state index contributed by atoms with van der Waals surface area (Å²) in [6.45, 7) is 0.647. The van der Waals surface area contributed by atoms with Crippen LogP contribution in [0.25, 0.3) is 6.08 Å². The summed E-state index contributed by atoms with van der Waals surface area (Å²) >= 11 is 0. The molecule has 4 rings (SSSR count). The summed E-state index contributed by atoms with van der Waals surface area (Å²) < 4.78 is 46.7. The molecule has 1 fully saturated rings. The van der Waals surface area contributed by atoms with Crippen LogP contribution in [0.1, 0.15) is 24.0 Å². The molecule has 0 saturated carbocycles. The van der Waals surface area contributed by atoms with Crippen molar-refractivity contribution in [2.45, 2.75) is 19.4 Å². The molecule has 1 amide bonds. The van der Waals surface area contributed by atoms with Crippen molar-refractivity contribution in [3.63, 3.8) is 0 Å². The number of amides is 1. The second-order valence-electron chi connectivity index (χ2n) is 7.42. The van der Waals surface area contributed by atoms with E-state index in [1.165, 1.54) is 10.4 Å². The Kier molecular flexibility index (Phi) is 5.87. The average Bonchev–Trinajstić information content (AvgIpc) is 2.78. The summed E-state index contributed by atoms with van der Waals surface area (Å²) in [6, 6.07) is 13.6. The van der Waals surface area contributed by atoms with E-state index in [1.54, 1.807) is 30.3 Å². The molecule has 1 saturated heterocycles. The molecule has 0 bridgehead atoms. The van der Waals surface area contributed by atoms with Gasteiger partial charge < -0.3 is 10.1 Å². The average molecular weight is 431 g/mol. The highest BCUT2D eigenvalue weighted by atomic mass is 32.2. The summed E-state index contributed by atoms with van der Waals surface area (Å²) in [4.78, 5) is 12.7. The van der Waals surface area contributed by atoms with Gasteiger partial charge in [-0.1, -0.05) is 36.4 Å². The van der Waals surface area contributed by atoms with Gasteiger partial charge in [0.1, 0.15) is 18.2 Å². The normalized spacial score (nSPS) is 17.6. The van der Waals surface area contributed by atoms with Crippen molar-refractivity contribution in [2.75, 3.05) is 19.7 Å². The minimum atomic E-state index is -3.65. The van der Waals surface area contributed by atoms with E-state index in [2.05, 4.69) is 5.32 Å². The summed E-state index contributed by atoms with van der Waals surface area (Å²) in [5, 5.41) is 2.76. The zero-order valence-corrected chi connectivity index (χ0v) is 17.2. The number of ether oxygens (including phenoxy) is 1. The summed E-state index contributed by atoms with van der Waals surface area (Å²) in [6.07, 6.45) is 2.50. The molecule has 0 spiro atoms. The topological polar surface area (TPSA) is 75.7 Å². The van der Waals surface area contributed by atoms with Gasteiger partial charge in [-0.15, -0.1) is 0 Å². The number of benzene rings is 2. The van der Waals surface area contributed by atoms with Crippen LogP contribution in [0.3, 0.4) is 0 Å². The van der Waals surface area contributed by atoms with Gasteiger partial charge in [0.15, 0.2) is 0 Å². The van der Waals surface area contributed by atoms with Crippen molar-refractivity contribution in [1.29, 1.82) is 0 Å². The number of hydrogen-bond acceptors (Lipinski definition) is 4. The number of nitrogens with one attached hydrogen (secondary N) is 1. The van der Waals surface area contributed by atoms with Crippen LogP contribution < -0.4 is 10.1 Å². The number of hydrogen-bond donors (Lipinski definition) is 1. The Labute approximate surface area is 175 Å². The first kappa shape index (κ1) is 20.6. The second kappa shape index (κ2) is 8.57. The largest absolute Gasteiger partial charge is 0.487 e. The van der Waals surface area contributed by atoms with E-state index >= 15 is 0 Å². The van der Waals surface area contributed by atoms with Gasteiger partial charge in [-0.2, -0.15) is 4.31 Å². The molecule has 1 N–H and O–H groups in total. The minimum Gasteiger partial charge on any atom is -0.487 e. The first-order chi connectivity index (χ1) is 14.4. The predicted octanol–water partition coefficient (Wildman–Crippen LogP) is 2.92. The standard InChI is InChI=1S/C22H23FN2O4S/c23-20-7-3-1-6-18(20)14-24-22(26)16-9-11-25(12-10-16)30(27,28)19-13-17-5-2-4-8-21(17)29-15-19/h1-8,13,16H,9-12,14-15H2,(H,24,26). The third kappa shape index (κ3) is 4.24. The van der Waals surface area contributed by atoms with Crippen molar-refractivity contribution >= 4 is 22.0 Å². The molecule has 6 nitrogen and oxygen atoms in total. The lowest BCUT2D eigenvalue weighted by Crippen LogP contribution is -2.43. The maximum atomic E-state index is 13.7. The lowest BCUT2D eigenvalue weighted by atomic mass is 9.97. The van der Waals surface area contributed by atoms with Crippen molar-refractivity contribution in [2.24, 2.45) is 5.92 Å². The third-order valence-corrected chi connectivity index (χ3v) is 7.46. The zero-order chi connectivity index (χ0) is 21.1. The Morgan fingerprint density at radius 3 is 2.57 bits per heavy atom. The molecule has 0 atom stereocenters. The van der Waals surface area contributed by atoms with Crippen LogP contribution in [-0.4, -0.2) is 38.3 Å². The SMILES string of the molecule is O=C(NCc1ccccc1F)C1CCN(S(=O)(=O)C2=Cc3ccccc3OC2)CC1. The molecule has 30 heavy (non-hydrogen) atoms. The van der Waals surface area contributed by atoms with E-state index in [4.69, 9.17) is 4.74 Å². The molecule has 2 aliphatic rings. The number of sulfonamides is 1. The Hall–Kier alpha value is -2.71. The minimum absolute atomic E-state index is 0.00238. The molecule has 2 aromatic rings. The molecular formula is C22H23FN2O4S. The molecule has 158 valence electrons. The molecule has 0 radical (unpaired) electrons. The Bertz CT molecular complexity index is 1080. The first-order valence-electron chi connectivity index (χ1n) is 9.89. The van der Waals surface area contributed by atoms with E-state index in [-0.39, 0.29) is 48.8 Å². The fourth-order valence-electron chi connectivity index (χ4n) is 3.74. The zero-order valence-electron chi connectivity index (χ0n) is 16.4. The number of piperidine rings is 1. The number of para-hydroxylation sites is 1. The molecule has 2 heterocycles. The Morgan fingerprint density at radius 1 is 1.10 bits per heavy atom. The van der Waals surface area contributed by atoms with Gasteiger partial charge in [0.25, 0.3) is 0 Å². The predicted molar refractivity (Wildman–Crippen MR) is 111 cm³/mol. The highest BCUT2D eigenvalue weighted by Gasteiger charge is 2.34. The summed E-state index contributed by atoms with van der Waals surface area (Å²) in [5.74, 6) is -0.157. The van der Waals surface area contributed by atoms with E-state index in [9.17, 15) is 17.6 Å². The molecule has 2 aliphatic heterocycles. The highest BCUT2D eigenvalue weighted by Crippen LogP contribution is 2.31. The quantitative estimate of drug-likeness (QED) is 0.792. The fraction of sp³-hybridized carbons (Fsp3) is 0.318. The Balaban J connectivity index is 1.35. The van der Waals surface area contributed by atoms with Gasteiger partial charge >= 0.3 is 0 Å². The number of rotatable bonds is 5. The van der Waals surface area contributed by atoms with Crippen LogP contribution in [0.2, 0.25) is 0 Å². The molecule has 8 heteroatoms. The van der Waals surface area contributed by atoms with Gasteiger partial charge in [-0.05, 0) is 31.1 Å². The summed E-state index contributed by atoms with van der Waals surface area (Å²) in [5.41, 5.74) is 1.17. The Morgan fingerprint density at radius 2 is 1.80 bits per heavy atom. The monoisotopic (exact) mass is 430 g/mol. The van der Waals surface area contributed by atoms with Gasteiger partial charge in [0.05, 0.1) is 4.91 Å². The maximum absolute atomic E-state index is 13.7. The molecule has 0 unspecified atom stereocenters. The molecular weight excluding hydrogens is 407 g/mol. The van der Waals surface area contributed by atoms with Crippen LogP contribution in [0.15, 0.2) is 53.4 Å². The van der Waals surface area contributed by atoms with Crippen molar-refractivity contribution in [3.05, 3.63) is 70.4 Å². The lowest BCUT2D eigenvalue weighted by Gasteiger charge is -2.32. The molecule has 2 aromatic carbocycles. The maximum Gasteiger partial charge on any atom is 0.242 e. The number of carbonyl (C=O) groups is 1. The molecule has 0 aliphatic carbocycles. The number of fused-ring (bicyclic) bond motifs is 1. The fourth-order valence-corrected chi connectivity index (χ4v) is 5.24. The van der Waals surface area contributed by atoms with Gasteiger partial charge in [0, 0.05) is 36.7 Å². The van der Waals surface area contributed by atoms with E-state index in [0.717, 1.165) is 5.56 Å². The number of halogens is 1. The van der Waals surface area contributed by atoms with Crippen LogP contribution in [0, 0.1) is 11.7 Å². The van der Waals surface area contributed by atoms with Crippen LogP contribution in [-0.2, 0) is 21.4 Å². The number of nitrogens with zero attached hydrogens (tertiary/aromatic N) is 1. The van der Waals surface area contributed by atoms with Gasteiger partial charge in [-0.3, -0.25) is 4.79 Å².